The minimum atomic E-state index is -0.400. The quantitative estimate of drug-likeness (QED) is 0.735. The molecule has 1 heterocycles. The summed E-state index contributed by atoms with van der Waals surface area (Å²) in [6.45, 7) is 0. The smallest absolute Gasteiger partial charge is 0.257 e. The molecule has 3 rings (SSSR count). The van der Waals surface area contributed by atoms with Crippen LogP contribution in [0.3, 0.4) is 0 Å². The number of hydrogen-bond donors (Lipinski definition) is 3. The molecule has 3 N–H and O–H groups in total. The third-order valence-electron chi connectivity index (χ3n) is 2.99. The first-order valence-corrected chi connectivity index (χ1v) is 6.00. The number of hydrogen-bond acceptors (Lipinski definition) is 3. The molecule has 2 aromatic carbocycles. The predicted molar refractivity (Wildman–Crippen MR) is 74.7 cm³/mol. The van der Waals surface area contributed by atoms with E-state index < -0.39 is 5.82 Å². The van der Waals surface area contributed by atoms with Gasteiger partial charge in [-0.3, -0.25) is 4.79 Å². The number of benzene rings is 2. The molecule has 20 heavy (non-hydrogen) atoms. The van der Waals surface area contributed by atoms with Gasteiger partial charge in [0.1, 0.15) is 11.6 Å². The molecule has 1 aliphatic heterocycles. The largest absolute Gasteiger partial charge is 0.508 e. The molecule has 1 amide bonds. The Labute approximate surface area is 114 Å². The maximum atomic E-state index is 13.3. The molecule has 5 heteroatoms. The molecule has 0 spiro atoms. The summed E-state index contributed by atoms with van der Waals surface area (Å²) in [7, 11) is 0. The van der Waals surface area contributed by atoms with E-state index in [4.69, 9.17) is 0 Å². The lowest BCUT2D eigenvalue weighted by atomic mass is 10.1. The van der Waals surface area contributed by atoms with E-state index in [0.29, 0.717) is 22.5 Å². The third kappa shape index (κ3) is 2.21. The number of carbonyl (C=O) groups excluding carboxylic acids is 1. The second-order valence-electron chi connectivity index (χ2n) is 4.40. The Balaban J connectivity index is 1.93. The number of aromatic hydroxyl groups is 1. The molecular weight excluding hydrogens is 259 g/mol. The molecular formula is C15H11FN2O2. The van der Waals surface area contributed by atoms with Crippen molar-refractivity contribution >= 4 is 22.9 Å². The molecule has 0 fully saturated rings. The topological polar surface area (TPSA) is 61.4 Å². The van der Waals surface area contributed by atoms with Crippen LogP contribution in [0.1, 0.15) is 5.56 Å². The Morgan fingerprint density at radius 1 is 1.20 bits per heavy atom. The Morgan fingerprint density at radius 2 is 2.05 bits per heavy atom. The number of phenolic OH excluding ortho intramolecular Hbond substituents is 1. The van der Waals surface area contributed by atoms with Crippen molar-refractivity contribution in [1.29, 1.82) is 0 Å². The summed E-state index contributed by atoms with van der Waals surface area (Å²) in [6.07, 6.45) is 1.50. The monoisotopic (exact) mass is 270 g/mol. The fourth-order valence-electron chi connectivity index (χ4n) is 2.05. The number of nitrogens with one attached hydrogen (secondary N) is 2. The molecule has 0 atom stereocenters. The standard InChI is InChI=1S/C15H11FN2O2/c16-9-4-5-14-12(6-9)13(15(20)18-14)8-17-10-2-1-3-11(19)7-10/h1-8,17,19H,(H,18,20)/b13-8+. The van der Waals surface area contributed by atoms with Gasteiger partial charge in [0, 0.05) is 29.2 Å². The van der Waals surface area contributed by atoms with Crippen molar-refractivity contribution in [2.45, 2.75) is 0 Å². The molecule has 100 valence electrons. The molecule has 1 aliphatic rings. The highest BCUT2D eigenvalue weighted by Crippen LogP contribution is 2.32. The molecule has 2 aromatic rings. The van der Waals surface area contributed by atoms with Gasteiger partial charge >= 0.3 is 0 Å². The average molecular weight is 270 g/mol. The molecule has 0 bridgehead atoms. The van der Waals surface area contributed by atoms with Crippen molar-refractivity contribution in [3.8, 4) is 5.75 Å². The van der Waals surface area contributed by atoms with Crippen molar-refractivity contribution in [3.05, 3.63) is 60.0 Å². The van der Waals surface area contributed by atoms with E-state index in [1.165, 1.54) is 30.5 Å². The van der Waals surface area contributed by atoms with Gasteiger partial charge in [-0.1, -0.05) is 6.07 Å². The van der Waals surface area contributed by atoms with Gasteiger partial charge in [0.15, 0.2) is 0 Å². The zero-order valence-corrected chi connectivity index (χ0v) is 10.4. The Bertz CT molecular complexity index is 726. The third-order valence-corrected chi connectivity index (χ3v) is 2.99. The normalized spacial score (nSPS) is 15.1. The molecule has 4 nitrogen and oxygen atoms in total. The SMILES string of the molecule is O=C1Nc2ccc(F)cc2/C1=C\Nc1cccc(O)c1. The van der Waals surface area contributed by atoms with Gasteiger partial charge in [0.2, 0.25) is 0 Å². The van der Waals surface area contributed by atoms with Crippen LogP contribution in [0.15, 0.2) is 48.7 Å². The van der Waals surface area contributed by atoms with Crippen LogP contribution in [0.25, 0.3) is 5.57 Å². The summed E-state index contributed by atoms with van der Waals surface area (Å²) in [4.78, 5) is 11.8. The maximum Gasteiger partial charge on any atom is 0.257 e. The molecule has 0 saturated carbocycles. The van der Waals surface area contributed by atoms with Crippen molar-refractivity contribution in [2.24, 2.45) is 0 Å². The Morgan fingerprint density at radius 3 is 2.85 bits per heavy atom. The zero-order valence-electron chi connectivity index (χ0n) is 10.4. The highest BCUT2D eigenvalue weighted by molar-refractivity contribution is 6.31. The second-order valence-corrected chi connectivity index (χ2v) is 4.40. The molecule has 0 radical (unpaired) electrons. The van der Waals surface area contributed by atoms with Crippen molar-refractivity contribution in [1.82, 2.24) is 0 Å². The summed E-state index contributed by atoms with van der Waals surface area (Å²) < 4.78 is 13.3. The van der Waals surface area contributed by atoms with Crippen LogP contribution >= 0.6 is 0 Å². The van der Waals surface area contributed by atoms with Crippen LogP contribution in [-0.4, -0.2) is 11.0 Å². The number of amides is 1. The number of carbonyl (C=O) groups is 1. The minimum absolute atomic E-state index is 0.121. The minimum Gasteiger partial charge on any atom is -0.508 e. The van der Waals surface area contributed by atoms with E-state index in [1.54, 1.807) is 18.2 Å². The summed E-state index contributed by atoms with van der Waals surface area (Å²) in [5, 5.41) is 14.9. The predicted octanol–water partition coefficient (Wildman–Crippen LogP) is 2.94. The van der Waals surface area contributed by atoms with Crippen LogP contribution in [0, 0.1) is 5.82 Å². The number of fused-ring (bicyclic) bond motifs is 1. The summed E-state index contributed by atoms with van der Waals surface area (Å²) in [5.74, 6) is -0.572. The van der Waals surface area contributed by atoms with E-state index >= 15 is 0 Å². The summed E-state index contributed by atoms with van der Waals surface area (Å²) >= 11 is 0. The fraction of sp³-hybridized carbons (Fsp3) is 0. The lowest BCUT2D eigenvalue weighted by molar-refractivity contribution is -0.110. The van der Waals surface area contributed by atoms with Crippen LogP contribution in [0.4, 0.5) is 15.8 Å². The molecule has 0 aliphatic carbocycles. The van der Waals surface area contributed by atoms with Gasteiger partial charge in [-0.2, -0.15) is 0 Å². The highest BCUT2D eigenvalue weighted by Gasteiger charge is 2.24. The van der Waals surface area contributed by atoms with E-state index in [9.17, 15) is 14.3 Å². The number of anilines is 2. The summed E-state index contributed by atoms with van der Waals surface area (Å²) in [6, 6.07) is 10.6. The van der Waals surface area contributed by atoms with Crippen molar-refractivity contribution in [3.63, 3.8) is 0 Å². The lowest BCUT2D eigenvalue weighted by Gasteiger charge is -2.03. The van der Waals surface area contributed by atoms with Crippen molar-refractivity contribution in [2.75, 3.05) is 10.6 Å². The van der Waals surface area contributed by atoms with Gasteiger partial charge in [0.25, 0.3) is 5.91 Å². The molecule has 0 saturated heterocycles. The van der Waals surface area contributed by atoms with Gasteiger partial charge in [-0.15, -0.1) is 0 Å². The average Bonchev–Trinajstić information content (AvgIpc) is 2.72. The Hall–Kier alpha value is -2.82. The number of rotatable bonds is 2. The van der Waals surface area contributed by atoms with Gasteiger partial charge in [0.05, 0.1) is 5.57 Å². The van der Waals surface area contributed by atoms with Crippen LogP contribution in [0.5, 0.6) is 5.75 Å². The van der Waals surface area contributed by atoms with Gasteiger partial charge in [-0.05, 0) is 30.3 Å². The summed E-state index contributed by atoms with van der Waals surface area (Å²) in [5.41, 5.74) is 2.08. The van der Waals surface area contributed by atoms with E-state index in [-0.39, 0.29) is 11.7 Å². The van der Waals surface area contributed by atoms with Crippen LogP contribution in [0.2, 0.25) is 0 Å². The first-order chi connectivity index (χ1) is 9.63. The Kier molecular flexibility index (Phi) is 2.87. The number of phenols is 1. The van der Waals surface area contributed by atoms with E-state index in [2.05, 4.69) is 10.6 Å². The van der Waals surface area contributed by atoms with Crippen LogP contribution < -0.4 is 10.6 Å². The van der Waals surface area contributed by atoms with Crippen molar-refractivity contribution < 1.29 is 14.3 Å². The highest BCUT2D eigenvalue weighted by atomic mass is 19.1. The van der Waals surface area contributed by atoms with Crippen LogP contribution in [-0.2, 0) is 4.79 Å². The first-order valence-electron chi connectivity index (χ1n) is 6.00. The first kappa shape index (κ1) is 12.2. The fourth-order valence-corrected chi connectivity index (χ4v) is 2.05. The molecule has 0 aromatic heterocycles. The van der Waals surface area contributed by atoms with E-state index in [1.807, 2.05) is 0 Å². The maximum absolute atomic E-state index is 13.3. The zero-order chi connectivity index (χ0) is 14.1. The van der Waals surface area contributed by atoms with E-state index in [0.717, 1.165) is 0 Å². The number of halogens is 1. The van der Waals surface area contributed by atoms with Gasteiger partial charge < -0.3 is 15.7 Å². The molecule has 0 unspecified atom stereocenters. The van der Waals surface area contributed by atoms with Gasteiger partial charge in [-0.25, -0.2) is 4.39 Å². The second kappa shape index (κ2) is 4.70. The lowest BCUT2D eigenvalue weighted by Crippen LogP contribution is -2.05.